The molecule has 2 N–H and O–H groups in total. The first kappa shape index (κ1) is 13.1. The Hall–Kier alpha value is -2.30. The first-order chi connectivity index (χ1) is 9.13. The van der Waals surface area contributed by atoms with E-state index in [4.69, 9.17) is 10.5 Å². The molecule has 0 saturated carbocycles. The number of aryl methyl sites for hydroxylation is 1. The van der Waals surface area contributed by atoms with Gasteiger partial charge in [0.05, 0.1) is 18.6 Å². The highest BCUT2D eigenvalue weighted by Crippen LogP contribution is 2.21. The Morgan fingerprint density at radius 1 is 1.32 bits per heavy atom. The number of carbonyl (C=O) groups is 2. The third kappa shape index (κ3) is 2.76. The molecule has 0 aliphatic carbocycles. The van der Waals surface area contributed by atoms with Crippen LogP contribution < -0.4 is 5.73 Å². The van der Waals surface area contributed by atoms with Gasteiger partial charge in [-0.15, -0.1) is 0 Å². The predicted octanol–water partition coefficient (Wildman–Crippen LogP) is 1.69. The van der Waals surface area contributed by atoms with Gasteiger partial charge in [-0.3, -0.25) is 9.59 Å². The van der Waals surface area contributed by atoms with Gasteiger partial charge in [-0.25, -0.2) is 0 Å². The molecule has 0 aliphatic heterocycles. The molecule has 0 unspecified atom stereocenters. The summed E-state index contributed by atoms with van der Waals surface area (Å²) in [5.41, 5.74) is 6.71. The lowest BCUT2D eigenvalue weighted by Crippen LogP contribution is -2.11. The summed E-state index contributed by atoms with van der Waals surface area (Å²) >= 11 is 0. The monoisotopic (exact) mass is 260 g/mol. The molecule has 2 aromatic rings. The second kappa shape index (κ2) is 5.56. The van der Waals surface area contributed by atoms with Gasteiger partial charge in [0.1, 0.15) is 0 Å². The molecule has 0 spiro atoms. The minimum atomic E-state index is -0.467. The van der Waals surface area contributed by atoms with Gasteiger partial charge < -0.3 is 15.0 Å². The number of fused-ring (bicyclic) bond motifs is 1. The van der Waals surface area contributed by atoms with Gasteiger partial charge in [0.15, 0.2) is 0 Å². The zero-order valence-corrected chi connectivity index (χ0v) is 10.8. The first-order valence-corrected chi connectivity index (χ1v) is 6.16. The van der Waals surface area contributed by atoms with Gasteiger partial charge >= 0.3 is 5.97 Å². The highest BCUT2D eigenvalue weighted by Gasteiger charge is 2.12. The molecule has 0 saturated heterocycles. The summed E-state index contributed by atoms with van der Waals surface area (Å²) in [4.78, 5) is 22.8. The highest BCUT2D eigenvalue weighted by molar-refractivity contribution is 6.06. The van der Waals surface area contributed by atoms with Gasteiger partial charge in [0.25, 0.3) is 5.91 Å². The summed E-state index contributed by atoms with van der Waals surface area (Å²) in [6.07, 6.45) is 1.96. The summed E-state index contributed by atoms with van der Waals surface area (Å²) in [5, 5.41) is 0.804. The minimum Gasteiger partial charge on any atom is -0.466 e. The van der Waals surface area contributed by atoms with E-state index >= 15 is 0 Å². The number of amides is 1. The number of carbonyl (C=O) groups excluding carboxylic acids is 2. The number of esters is 1. The molecule has 1 heterocycles. The topological polar surface area (TPSA) is 74.3 Å². The van der Waals surface area contributed by atoms with Crippen LogP contribution in [0.1, 0.15) is 23.7 Å². The van der Waals surface area contributed by atoms with Crippen molar-refractivity contribution in [2.75, 3.05) is 6.61 Å². The van der Waals surface area contributed by atoms with E-state index in [9.17, 15) is 9.59 Å². The third-order valence-electron chi connectivity index (χ3n) is 2.92. The standard InChI is InChI=1S/C14H16N2O3/c1-2-19-13(17)7-8-16-9-11(14(15)18)10-5-3-4-6-12(10)16/h3-6,9H,2,7-8H2,1H3,(H2,15,18). The third-order valence-corrected chi connectivity index (χ3v) is 2.92. The van der Waals surface area contributed by atoms with Crippen molar-refractivity contribution in [1.29, 1.82) is 0 Å². The van der Waals surface area contributed by atoms with E-state index in [1.54, 1.807) is 13.1 Å². The van der Waals surface area contributed by atoms with Crippen LogP contribution in [-0.2, 0) is 16.1 Å². The van der Waals surface area contributed by atoms with Crippen molar-refractivity contribution in [3.8, 4) is 0 Å². The van der Waals surface area contributed by atoms with Gasteiger partial charge in [0.2, 0.25) is 0 Å². The molecule has 1 amide bonds. The molecule has 0 bridgehead atoms. The van der Waals surface area contributed by atoms with E-state index in [-0.39, 0.29) is 12.4 Å². The minimum absolute atomic E-state index is 0.249. The SMILES string of the molecule is CCOC(=O)CCn1cc(C(N)=O)c2ccccc21. The van der Waals surface area contributed by atoms with Crippen LogP contribution in [0.4, 0.5) is 0 Å². The average molecular weight is 260 g/mol. The van der Waals surface area contributed by atoms with E-state index in [1.165, 1.54) is 0 Å². The lowest BCUT2D eigenvalue weighted by Gasteiger charge is -2.04. The van der Waals surface area contributed by atoms with Crippen molar-refractivity contribution < 1.29 is 14.3 Å². The van der Waals surface area contributed by atoms with Gasteiger partial charge in [0, 0.05) is 23.6 Å². The summed E-state index contributed by atoms with van der Waals surface area (Å²) in [6, 6.07) is 7.47. The number of aromatic nitrogens is 1. The number of para-hydroxylation sites is 1. The van der Waals surface area contributed by atoms with Crippen LogP contribution >= 0.6 is 0 Å². The van der Waals surface area contributed by atoms with Crippen LogP contribution in [0.15, 0.2) is 30.5 Å². The van der Waals surface area contributed by atoms with Crippen LogP contribution in [0.5, 0.6) is 0 Å². The van der Waals surface area contributed by atoms with E-state index < -0.39 is 5.91 Å². The molecule has 100 valence electrons. The Bertz CT molecular complexity index is 616. The quantitative estimate of drug-likeness (QED) is 0.831. The van der Waals surface area contributed by atoms with Crippen molar-refractivity contribution in [3.63, 3.8) is 0 Å². The lowest BCUT2D eigenvalue weighted by molar-refractivity contribution is -0.143. The van der Waals surface area contributed by atoms with Crippen LogP contribution in [0.2, 0.25) is 0 Å². The van der Waals surface area contributed by atoms with Crippen LogP contribution in [-0.4, -0.2) is 23.1 Å². The average Bonchev–Trinajstić information content (AvgIpc) is 2.76. The fourth-order valence-electron chi connectivity index (χ4n) is 2.07. The maximum atomic E-state index is 11.4. The van der Waals surface area contributed by atoms with Crippen molar-refractivity contribution in [2.24, 2.45) is 5.73 Å². The Morgan fingerprint density at radius 2 is 2.05 bits per heavy atom. The molecule has 0 aliphatic rings. The van der Waals surface area contributed by atoms with Crippen molar-refractivity contribution >= 4 is 22.8 Å². The van der Waals surface area contributed by atoms with E-state index in [2.05, 4.69) is 0 Å². The van der Waals surface area contributed by atoms with E-state index in [0.717, 1.165) is 10.9 Å². The summed E-state index contributed by atoms with van der Waals surface area (Å²) in [5.74, 6) is -0.716. The van der Waals surface area contributed by atoms with Gasteiger partial charge in [-0.2, -0.15) is 0 Å². The van der Waals surface area contributed by atoms with Crippen LogP contribution in [0.25, 0.3) is 10.9 Å². The van der Waals surface area contributed by atoms with Crippen LogP contribution in [0.3, 0.4) is 0 Å². The van der Waals surface area contributed by atoms with E-state index in [1.807, 2.05) is 28.8 Å². The molecule has 0 fully saturated rings. The van der Waals surface area contributed by atoms with Gasteiger partial charge in [-0.1, -0.05) is 18.2 Å². The number of ether oxygens (including phenoxy) is 1. The fraction of sp³-hybridized carbons (Fsp3) is 0.286. The molecule has 2 rings (SSSR count). The molecule has 19 heavy (non-hydrogen) atoms. The Labute approximate surface area is 110 Å². The number of nitrogens with two attached hydrogens (primary N) is 1. The second-order valence-electron chi connectivity index (χ2n) is 4.17. The number of primary amides is 1. The smallest absolute Gasteiger partial charge is 0.307 e. The van der Waals surface area contributed by atoms with Gasteiger partial charge in [-0.05, 0) is 13.0 Å². The molecular formula is C14H16N2O3. The first-order valence-electron chi connectivity index (χ1n) is 6.16. The summed E-state index contributed by atoms with van der Waals surface area (Å²) in [7, 11) is 0. The molecule has 5 heteroatoms. The highest BCUT2D eigenvalue weighted by atomic mass is 16.5. The van der Waals surface area contributed by atoms with E-state index in [0.29, 0.717) is 18.7 Å². The number of hydrogen-bond donors (Lipinski definition) is 1. The van der Waals surface area contributed by atoms with Crippen molar-refractivity contribution in [1.82, 2.24) is 4.57 Å². The largest absolute Gasteiger partial charge is 0.466 e. The Morgan fingerprint density at radius 3 is 2.74 bits per heavy atom. The summed E-state index contributed by atoms with van der Waals surface area (Å²) in [6.45, 7) is 2.61. The Balaban J connectivity index is 2.28. The lowest BCUT2D eigenvalue weighted by atomic mass is 10.2. The molecule has 1 aromatic carbocycles. The summed E-state index contributed by atoms with van der Waals surface area (Å²) < 4.78 is 6.74. The second-order valence-corrected chi connectivity index (χ2v) is 4.17. The zero-order chi connectivity index (χ0) is 13.8. The van der Waals surface area contributed by atoms with Crippen molar-refractivity contribution in [3.05, 3.63) is 36.0 Å². The number of hydrogen-bond acceptors (Lipinski definition) is 3. The fourth-order valence-corrected chi connectivity index (χ4v) is 2.07. The maximum Gasteiger partial charge on any atom is 0.307 e. The Kier molecular flexibility index (Phi) is 3.85. The number of rotatable bonds is 5. The molecule has 5 nitrogen and oxygen atoms in total. The molecule has 0 radical (unpaired) electrons. The molecule has 0 atom stereocenters. The molecular weight excluding hydrogens is 244 g/mol. The maximum absolute atomic E-state index is 11.4. The normalized spacial score (nSPS) is 10.6. The van der Waals surface area contributed by atoms with Crippen molar-refractivity contribution in [2.45, 2.75) is 19.9 Å². The van der Waals surface area contributed by atoms with Crippen LogP contribution in [0, 0.1) is 0 Å². The molecule has 1 aromatic heterocycles. The zero-order valence-electron chi connectivity index (χ0n) is 10.8. The number of benzene rings is 1. The predicted molar refractivity (Wildman–Crippen MR) is 71.7 cm³/mol. The number of nitrogens with zero attached hydrogens (tertiary/aromatic N) is 1.